The molecule has 0 aliphatic carbocycles. The molecular weight excluding hydrogens is 354 g/mol. The van der Waals surface area contributed by atoms with E-state index in [1.165, 1.54) is 12.1 Å². The van der Waals surface area contributed by atoms with Gasteiger partial charge in [-0.15, -0.1) is 0 Å². The average molecular weight is 375 g/mol. The van der Waals surface area contributed by atoms with Crippen LogP contribution in [-0.4, -0.2) is 38.6 Å². The fraction of sp³-hybridized carbons (Fsp3) is 0.333. The van der Waals surface area contributed by atoms with E-state index < -0.39 is 10.0 Å². The number of hydrogen-bond donors (Lipinski definition) is 2. The van der Waals surface area contributed by atoms with E-state index in [0.717, 1.165) is 18.4 Å². The van der Waals surface area contributed by atoms with E-state index in [9.17, 15) is 13.2 Å². The van der Waals surface area contributed by atoms with Crippen LogP contribution in [0.5, 0.6) is 0 Å². The van der Waals surface area contributed by atoms with E-state index >= 15 is 0 Å². The zero-order valence-corrected chi connectivity index (χ0v) is 15.0. The SMILES string of the molecule is O=C(NC1CCOCC1)c1cccc(S(=O)(=O)NCc2cccnc2)c1. The number of aromatic nitrogens is 1. The number of amides is 1. The Bertz CT molecular complexity index is 850. The summed E-state index contributed by atoms with van der Waals surface area (Å²) in [4.78, 5) is 16.4. The van der Waals surface area contributed by atoms with Crippen molar-refractivity contribution in [1.29, 1.82) is 0 Å². The number of nitrogens with zero attached hydrogens (tertiary/aromatic N) is 1. The van der Waals surface area contributed by atoms with Crippen molar-refractivity contribution in [1.82, 2.24) is 15.0 Å². The van der Waals surface area contributed by atoms with Crippen molar-refractivity contribution in [3.8, 4) is 0 Å². The van der Waals surface area contributed by atoms with Gasteiger partial charge in [-0.3, -0.25) is 9.78 Å². The molecule has 138 valence electrons. The second-order valence-corrected chi connectivity index (χ2v) is 7.84. The molecule has 1 fully saturated rings. The summed E-state index contributed by atoms with van der Waals surface area (Å²) >= 11 is 0. The highest BCUT2D eigenvalue weighted by atomic mass is 32.2. The van der Waals surface area contributed by atoms with Gasteiger partial charge in [0.25, 0.3) is 5.91 Å². The number of pyridine rings is 1. The number of nitrogens with one attached hydrogen (secondary N) is 2. The Morgan fingerprint density at radius 2 is 2.00 bits per heavy atom. The Kier molecular flexibility index (Phi) is 5.97. The first-order valence-electron chi connectivity index (χ1n) is 8.42. The van der Waals surface area contributed by atoms with E-state index in [2.05, 4.69) is 15.0 Å². The van der Waals surface area contributed by atoms with Crippen molar-refractivity contribution >= 4 is 15.9 Å². The fourth-order valence-corrected chi connectivity index (χ4v) is 3.74. The highest BCUT2D eigenvalue weighted by Gasteiger charge is 2.19. The summed E-state index contributed by atoms with van der Waals surface area (Å²) in [6.45, 7) is 1.38. The molecule has 8 heteroatoms. The minimum atomic E-state index is -3.73. The van der Waals surface area contributed by atoms with Crippen LogP contribution in [-0.2, 0) is 21.3 Å². The van der Waals surface area contributed by atoms with E-state index in [1.54, 1.807) is 36.7 Å². The molecule has 7 nitrogen and oxygen atoms in total. The number of carbonyl (C=O) groups is 1. The first kappa shape index (κ1) is 18.5. The predicted octanol–water partition coefficient (Wildman–Crippen LogP) is 1.47. The Labute approximate surface area is 152 Å². The average Bonchev–Trinajstić information content (AvgIpc) is 2.68. The lowest BCUT2D eigenvalue weighted by Crippen LogP contribution is -2.39. The third kappa shape index (κ3) is 4.87. The third-order valence-electron chi connectivity index (χ3n) is 4.15. The van der Waals surface area contributed by atoms with Crippen molar-refractivity contribution in [3.05, 3.63) is 59.9 Å². The highest BCUT2D eigenvalue weighted by molar-refractivity contribution is 7.89. The quantitative estimate of drug-likeness (QED) is 0.797. The van der Waals surface area contributed by atoms with Gasteiger partial charge in [-0.25, -0.2) is 13.1 Å². The maximum atomic E-state index is 12.5. The zero-order valence-electron chi connectivity index (χ0n) is 14.2. The molecule has 1 amide bonds. The van der Waals surface area contributed by atoms with E-state index in [1.807, 2.05) is 0 Å². The molecule has 2 N–H and O–H groups in total. The van der Waals surface area contributed by atoms with Crippen molar-refractivity contribution < 1.29 is 17.9 Å². The van der Waals surface area contributed by atoms with E-state index in [0.29, 0.717) is 18.8 Å². The van der Waals surface area contributed by atoms with Gasteiger partial charge in [-0.2, -0.15) is 0 Å². The molecule has 0 radical (unpaired) electrons. The molecule has 3 rings (SSSR count). The second kappa shape index (κ2) is 8.39. The monoisotopic (exact) mass is 375 g/mol. The lowest BCUT2D eigenvalue weighted by molar-refractivity contribution is 0.0696. The minimum absolute atomic E-state index is 0.0558. The van der Waals surface area contributed by atoms with Crippen molar-refractivity contribution in [2.45, 2.75) is 30.3 Å². The number of carbonyl (C=O) groups excluding carboxylic acids is 1. The summed E-state index contributed by atoms with van der Waals surface area (Å²) in [5.41, 5.74) is 1.07. The van der Waals surface area contributed by atoms with E-state index in [4.69, 9.17) is 4.74 Å². The van der Waals surface area contributed by atoms with Gasteiger partial charge in [0.05, 0.1) is 4.90 Å². The molecule has 0 atom stereocenters. The van der Waals surface area contributed by atoms with Crippen LogP contribution in [0.1, 0.15) is 28.8 Å². The number of ether oxygens (including phenoxy) is 1. The summed E-state index contributed by atoms with van der Waals surface area (Å²) in [6, 6.07) is 9.61. The zero-order chi connectivity index (χ0) is 18.4. The number of hydrogen-bond acceptors (Lipinski definition) is 5. The van der Waals surface area contributed by atoms with Crippen LogP contribution in [0.25, 0.3) is 0 Å². The largest absolute Gasteiger partial charge is 0.381 e. The van der Waals surface area contributed by atoms with Gasteiger partial charge in [-0.1, -0.05) is 12.1 Å². The molecule has 1 aromatic heterocycles. The van der Waals surface area contributed by atoms with Crippen LogP contribution in [0.2, 0.25) is 0 Å². The molecule has 0 spiro atoms. The van der Waals surface area contributed by atoms with E-state index in [-0.39, 0.29) is 23.4 Å². The van der Waals surface area contributed by atoms with Crippen LogP contribution in [0, 0.1) is 0 Å². The minimum Gasteiger partial charge on any atom is -0.381 e. The molecule has 1 aliphatic heterocycles. The van der Waals surface area contributed by atoms with Crippen LogP contribution in [0.3, 0.4) is 0 Å². The summed E-state index contributed by atoms with van der Waals surface area (Å²) in [5, 5.41) is 2.93. The third-order valence-corrected chi connectivity index (χ3v) is 5.55. The normalized spacial score (nSPS) is 15.5. The van der Waals surface area contributed by atoms with Crippen LogP contribution in [0.4, 0.5) is 0 Å². The Hall–Kier alpha value is -2.29. The standard InChI is InChI=1S/C18H21N3O4S/c22-18(21-16-6-9-25-10-7-16)15-4-1-5-17(11-15)26(23,24)20-13-14-3-2-8-19-12-14/h1-5,8,11-12,16,20H,6-7,9-10,13H2,(H,21,22). The molecule has 1 aliphatic rings. The van der Waals surface area contributed by atoms with Crippen molar-refractivity contribution in [2.24, 2.45) is 0 Å². The Morgan fingerprint density at radius 3 is 2.73 bits per heavy atom. The molecule has 2 heterocycles. The van der Waals surface area contributed by atoms with Crippen LogP contribution < -0.4 is 10.0 Å². The smallest absolute Gasteiger partial charge is 0.251 e. The molecule has 2 aromatic rings. The number of rotatable bonds is 6. The van der Waals surface area contributed by atoms with Crippen LogP contribution in [0.15, 0.2) is 53.7 Å². The second-order valence-electron chi connectivity index (χ2n) is 6.07. The summed E-state index contributed by atoms with van der Waals surface area (Å²) in [7, 11) is -3.73. The first-order chi connectivity index (χ1) is 12.5. The van der Waals surface area contributed by atoms with Crippen LogP contribution >= 0.6 is 0 Å². The molecule has 1 aromatic carbocycles. The number of sulfonamides is 1. The summed E-state index contributed by atoms with van der Waals surface area (Å²) < 4.78 is 32.8. The summed E-state index contributed by atoms with van der Waals surface area (Å²) in [6.07, 6.45) is 4.74. The van der Waals surface area contributed by atoms with Gasteiger partial charge >= 0.3 is 0 Å². The Balaban J connectivity index is 1.68. The maximum absolute atomic E-state index is 12.5. The van der Waals surface area contributed by atoms with Crippen molar-refractivity contribution in [2.75, 3.05) is 13.2 Å². The van der Waals surface area contributed by atoms with Gasteiger partial charge in [0.2, 0.25) is 10.0 Å². The maximum Gasteiger partial charge on any atom is 0.251 e. The first-order valence-corrected chi connectivity index (χ1v) is 9.90. The van der Waals surface area contributed by atoms with Crippen molar-refractivity contribution in [3.63, 3.8) is 0 Å². The number of benzene rings is 1. The Morgan fingerprint density at radius 1 is 1.19 bits per heavy atom. The molecule has 1 saturated heterocycles. The molecule has 0 saturated carbocycles. The summed E-state index contributed by atoms with van der Waals surface area (Å²) in [5.74, 6) is -0.277. The molecule has 0 unspecified atom stereocenters. The molecule has 0 bridgehead atoms. The predicted molar refractivity (Wildman–Crippen MR) is 96.0 cm³/mol. The van der Waals surface area contributed by atoms with Gasteiger partial charge < -0.3 is 10.1 Å². The van der Waals surface area contributed by atoms with Gasteiger partial charge in [0, 0.05) is 43.8 Å². The van der Waals surface area contributed by atoms with Gasteiger partial charge in [0.1, 0.15) is 0 Å². The lowest BCUT2D eigenvalue weighted by atomic mass is 10.1. The highest BCUT2D eigenvalue weighted by Crippen LogP contribution is 2.14. The lowest BCUT2D eigenvalue weighted by Gasteiger charge is -2.23. The topological polar surface area (TPSA) is 97.4 Å². The molecule has 26 heavy (non-hydrogen) atoms. The fourth-order valence-electron chi connectivity index (χ4n) is 2.68. The molecular formula is C18H21N3O4S. The van der Waals surface area contributed by atoms with Gasteiger partial charge in [0.15, 0.2) is 0 Å². The van der Waals surface area contributed by atoms with Gasteiger partial charge in [-0.05, 0) is 42.7 Å².